The summed E-state index contributed by atoms with van der Waals surface area (Å²) in [4.78, 5) is 0. The molecule has 0 unspecified atom stereocenters. The zero-order valence-corrected chi connectivity index (χ0v) is 7.13. The number of thiocarbonyl (C=S) groups is 1. The van der Waals surface area contributed by atoms with Crippen molar-refractivity contribution in [2.24, 2.45) is 11.1 Å². The lowest BCUT2D eigenvalue weighted by Crippen LogP contribution is -2.41. The number of rotatable bonds is 2. The van der Waals surface area contributed by atoms with E-state index in [2.05, 4.69) is 12.2 Å². The van der Waals surface area contributed by atoms with Crippen molar-refractivity contribution >= 4 is 17.3 Å². The molecule has 1 aliphatic carbocycles. The molecular formula is C7H14N2S. The van der Waals surface area contributed by atoms with Crippen molar-refractivity contribution in [3.8, 4) is 0 Å². The van der Waals surface area contributed by atoms with E-state index in [9.17, 15) is 0 Å². The second-order valence-corrected chi connectivity index (χ2v) is 3.82. The van der Waals surface area contributed by atoms with Gasteiger partial charge in [0.1, 0.15) is 0 Å². The van der Waals surface area contributed by atoms with Crippen molar-refractivity contribution in [1.82, 2.24) is 5.32 Å². The van der Waals surface area contributed by atoms with Gasteiger partial charge in [0, 0.05) is 6.54 Å². The molecule has 1 fully saturated rings. The maximum absolute atomic E-state index is 5.30. The topological polar surface area (TPSA) is 38.0 Å². The van der Waals surface area contributed by atoms with Gasteiger partial charge in [-0.2, -0.15) is 0 Å². The summed E-state index contributed by atoms with van der Waals surface area (Å²) in [6.45, 7) is 3.21. The van der Waals surface area contributed by atoms with E-state index >= 15 is 0 Å². The Morgan fingerprint density at radius 2 is 2.30 bits per heavy atom. The molecule has 0 atom stereocenters. The number of hydrogen-bond acceptors (Lipinski definition) is 1. The Labute approximate surface area is 67.2 Å². The number of hydrogen-bond donors (Lipinski definition) is 2. The normalized spacial score (nSPS) is 21.3. The van der Waals surface area contributed by atoms with Crippen LogP contribution in [-0.2, 0) is 0 Å². The largest absolute Gasteiger partial charge is 0.376 e. The van der Waals surface area contributed by atoms with Crippen molar-refractivity contribution in [2.45, 2.75) is 26.2 Å². The van der Waals surface area contributed by atoms with Crippen LogP contribution in [0.3, 0.4) is 0 Å². The Balaban J connectivity index is 2.18. The zero-order valence-electron chi connectivity index (χ0n) is 6.31. The third-order valence-corrected chi connectivity index (χ3v) is 2.39. The average molecular weight is 158 g/mol. The summed E-state index contributed by atoms with van der Waals surface area (Å²) in [5.41, 5.74) is 5.77. The first-order valence-electron chi connectivity index (χ1n) is 3.66. The Morgan fingerprint density at radius 3 is 2.60 bits per heavy atom. The molecule has 58 valence electrons. The Morgan fingerprint density at radius 1 is 1.70 bits per heavy atom. The maximum Gasteiger partial charge on any atom is 0.163 e. The predicted octanol–water partition coefficient (Wildman–Crippen LogP) is 1.01. The second kappa shape index (κ2) is 2.74. The Hall–Kier alpha value is -0.310. The van der Waals surface area contributed by atoms with Crippen LogP contribution in [0.2, 0.25) is 0 Å². The molecule has 1 aliphatic rings. The van der Waals surface area contributed by atoms with E-state index in [1.165, 1.54) is 19.3 Å². The van der Waals surface area contributed by atoms with Crippen LogP contribution in [-0.4, -0.2) is 11.7 Å². The molecule has 0 aromatic heterocycles. The van der Waals surface area contributed by atoms with Gasteiger partial charge < -0.3 is 11.1 Å². The SMILES string of the molecule is CC1(CNC(N)=S)CCC1. The third kappa shape index (κ3) is 1.84. The smallest absolute Gasteiger partial charge is 0.163 e. The molecule has 0 bridgehead atoms. The van der Waals surface area contributed by atoms with Crippen LogP contribution in [0.15, 0.2) is 0 Å². The van der Waals surface area contributed by atoms with Crippen LogP contribution in [0.5, 0.6) is 0 Å². The molecule has 0 aromatic carbocycles. The first-order valence-corrected chi connectivity index (χ1v) is 4.07. The maximum atomic E-state index is 5.30. The minimum atomic E-state index is 0.424. The monoisotopic (exact) mass is 158 g/mol. The molecule has 0 spiro atoms. The van der Waals surface area contributed by atoms with Gasteiger partial charge in [-0.1, -0.05) is 13.3 Å². The molecule has 1 saturated carbocycles. The van der Waals surface area contributed by atoms with Gasteiger partial charge in [0.05, 0.1) is 0 Å². The van der Waals surface area contributed by atoms with E-state index in [0.717, 1.165) is 6.54 Å². The van der Waals surface area contributed by atoms with Gasteiger partial charge in [0.15, 0.2) is 5.11 Å². The molecule has 0 saturated heterocycles. The molecule has 0 aromatic rings. The summed E-state index contributed by atoms with van der Waals surface area (Å²) in [6, 6.07) is 0. The van der Waals surface area contributed by atoms with E-state index in [-0.39, 0.29) is 0 Å². The first kappa shape index (κ1) is 7.79. The minimum absolute atomic E-state index is 0.424. The molecule has 3 heteroatoms. The summed E-state index contributed by atoms with van der Waals surface area (Å²) in [6.07, 6.45) is 3.97. The molecule has 3 N–H and O–H groups in total. The van der Waals surface area contributed by atoms with Crippen molar-refractivity contribution in [3.05, 3.63) is 0 Å². The van der Waals surface area contributed by atoms with Gasteiger partial charge >= 0.3 is 0 Å². The highest BCUT2D eigenvalue weighted by atomic mass is 32.1. The van der Waals surface area contributed by atoms with Crippen LogP contribution in [0.1, 0.15) is 26.2 Å². The highest BCUT2D eigenvalue weighted by molar-refractivity contribution is 7.80. The summed E-state index contributed by atoms with van der Waals surface area (Å²) in [7, 11) is 0. The molecular weight excluding hydrogens is 144 g/mol. The van der Waals surface area contributed by atoms with Gasteiger partial charge in [0.2, 0.25) is 0 Å². The molecule has 2 nitrogen and oxygen atoms in total. The summed E-state index contributed by atoms with van der Waals surface area (Å²) in [5.74, 6) is 0. The minimum Gasteiger partial charge on any atom is -0.376 e. The van der Waals surface area contributed by atoms with Gasteiger partial charge in [-0.15, -0.1) is 0 Å². The van der Waals surface area contributed by atoms with Crippen LogP contribution in [0.4, 0.5) is 0 Å². The van der Waals surface area contributed by atoms with Gasteiger partial charge in [-0.25, -0.2) is 0 Å². The van der Waals surface area contributed by atoms with Crippen LogP contribution >= 0.6 is 12.2 Å². The molecule has 0 amide bonds. The standard InChI is InChI=1S/C7H14N2S/c1-7(3-2-4-7)5-9-6(8)10/h2-5H2,1H3,(H3,8,9,10). The van der Waals surface area contributed by atoms with Crippen molar-refractivity contribution in [2.75, 3.05) is 6.54 Å². The van der Waals surface area contributed by atoms with E-state index < -0.39 is 0 Å². The molecule has 0 aliphatic heterocycles. The average Bonchev–Trinajstić information content (AvgIpc) is 1.79. The van der Waals surface area contributed by atoms with Gasteiger partial charge in [-0.3, -0.25) is 0 Å². The summed E-state index contributed by atoms with van der Waals surface area (Å²) >= 11 is 4.70. The Kier molecular flexibility index (Phi) is 2.14. The van der Waals surface area contributed by atoms with Crippen LogP contribution in [0.25, 0.3) is 0 Å². The molecule has 10 heavy (non-hydrogen) atoms. The van der Waals surface area contributed by atoms with E-state index in [4.69, 9.17) is 18.0 Å². The fraction of sp³-hybridized carbons (Fsp3) is 0.857. The first-order chi connectivity index (χ1) is 4.62. The lowest BCUT2D eigenvalue weighted by Gasteiger charge is -2.38. The highest BCUT2D eigenvalue weighted by Gasteiger charge is 2.31. The fourth-order valence-corrected chi connectivity index (χ4v) is 1.33. The van der Waals surface area contributed by atoms with Crippen molar-refractivity contribution < 1.29 is 0 Å². The third-order valence-electron chi connectivity index (χ3n) is 2.25. The van der Waals surface area contributed by atoms with Crippen LogP contribution < -0.4 is 11.1 Å². The zero-order chi connectivity index (χ0) is 7.61. The van der Waals surface area contributed by atoms with Gasteiger partial charge in [-0.05, 0) is 30.5 Å². The number of nitrogens with one attached hydrogen (secondary N) is 1. The van der Waals surface area contributed by atoms with E-state index in [1.807, 2.05) is 0 Å². The quantitative estimate of drug-likeness (QED) is 0.589. The summed E-state index contributed by atoms with van der Waals surface area (Å²) < 4.78 is 0. The second-order valence-electron chi connectivity index (χ2n) is 3.38. The van der Waals surface area contributed by atoms with Gasteiger partial charge in [0.25, 0.3) is 0 Å². The Bertz CT molecular complexity index is 141. The summed E-state index contributed by atoms with van der Waals surface area (Å²) in [5, 5.41) is 3.42. The van der Waals surface area contributed by atoms with Crippen molar-refractivity contribution in [1.29, 1.82) is 0 Å². The lowest BCUT2D eigenvalue weighted by atomic mass is 9.70. The lowest BCUT2D eigenvalue weighted by molar-refractivity contribution is 0.165. The fourth-order valence-electron chi connectivity index (χ4n) is 1.26. The van der Waals surface area contributed by atoms with Crippen LogP contribution in [0, 0.1) is 5.41 Å². The van der Waals surface area contributed by atoms with Crippen molar-refractivity contribution in [3.63, 3.8) is 0 Å². The highest BCUT2D eigenvalue weighted by Crippen LogP contribution is 2.39. The van der Waals surface area contributed by atoms with E-state index in [1.54, 1.807) is 0 Å². The predicted molar refractivity (Wildman–Crippen MR) is 46.7 cm³/mol. The molecule has 0 radical (unpaired) electrons. The number of nitrogens with two attached hydrogens (primary N) is 1. The molecule has 0 heterocycles. The molecule has 1 rings (SSSR count). The van der Waals surface area contributed by atoms with E-state index in [0.29, 0.717) is 10.5 Å².